The Balaban J connectivity index is 1.72. The quantitative estimate of drug-likeness (QED) is 0.740. The molecule has 1 N–H and O–H groups in total. The van der Waals surface area contributed by atoms with Gasteiger partial charge in [0, 0.05) is 17.2 Å². The van der Waals surface area contributed by atoms with E-state index < -0.39 is 0 Å². The lowest BCUT2D eigenvalue weighted by Gasteiger charge is -2.01. The van der Waals surface area contributed by atoms with Crippen molar-refractivity contribution in [1.82, 2.24) is 14.6 Å². The van der Waals surface area contributed by atoms with Crippen molar-refractivity contribution in [3.8, 4) is 0 Å². The molecule has 0 radical (unpaired) electrons. The SMILES string of the molecule is CSCCCCCCNc1nc2ccc(Br)cn2n1. The molecule has 6 heteroatoms. The molecule has 104 valence electrons. The summed E-state index contributed by atoms with van der Waals surface area (Å²) < 4.78 is 2.79. The van der Waals surface area contributed by atoms with E-state index in [0.717, 1.165) is 16.7 Å². The predicted molar refractivity (Wildman–Crippen MR) is 86.0 cm³/mol. The maximum Gasteiger partial charge on any atom is 0.243 e. The number of fused-ring (bicyclic) bond motifs is 1. The zero-order valence-corrected chi connectivity index (χ0v) is 13.5. The van der Waals surface area contributed by atoms with Crippen molar-refractivity contribution in [2.24, 2.45) is 0 Å². The minimum absolute atomic E-state index is 0.710. The Morgan fingerprint density at radius 2 is 2.11 bits per heavy atom. The van der Waals surface area contributed by atoms with Crippen LogP contribution in [0.1, 0.15) is 25.7 Å². The van der Waals surface area contributed by atoms with E-state index in [0.29, 0.717) is 5.95 Å². The van der Waals surface area contributed by atoms with Crippen LogP contribution in [0.15, 0.2) is 22.8 Å². The molecule has 0 fully saturated rings. The second kappa shape index (κ2) is 7.75. The third-order valence-corrected chi connectivity index (χ3v) is 4.02. The van der Waals surface area contributed by atoms with Crippen LogP contribution in [0.3, 0.4) is 0 Å². The van der Waals surface area contributed by atoms with Crippen LogP contribution in [0.4, 0.5) is 5.95 Å². The van der Waals surface area contributed by atoms with Crippen molar-refractivity contribution in [3.63, 3.8) is 0 Å². The lowest BCUT2D eigenvalue weighted by Crippen LogP contribution is -2.03. The minimum atomic E-state index is 0.710. The maximum absolute atomic E-state index is 4.42. The molecule has 0 aliphatic rings. The normalized spacial score (nSPS) is 11.1. The Morgan fingerprint density at radius 1 is 1.26 bits per heavy atom. The molecule has 0 bridgehead atoms. The molecule has 2 heterocycles. The van der Waals surface area contributed by atoms with Crippen LogP contribution in [0.25, 0.3) is 5.65 Å². The first-order valence-corrected chi connectivity index (χ1v) is 8.73. The first-order valence-electron chi connectivity index (χ1n) is 6.54. The topological polar surface area (TPSA) is 42.2 Å². The number of pyridine rings is 1. The highest BCUT2D eigenvalue weighted by molar-refractivity contribution is 9.10. The first kappa shape index (κ1) is 14.7. The number of nitrogens with zero attached hydrogens (tertiary/aromatic N) is 3. The van der Waals surface area contributed by atoms with Gasteiger partial charge < -0.3 is 5.32 Å². The van der Waals surface area contributed by atoms with Gasteiger partial charge in [0.2, 0.25) is 5.95 Å². The van der Waals surface area contributed by atoms with E-state index in [4.69, 9.17) is 0 Å². The fraction of sp³-hybridized carbons (Fsp3) is 0.538. The van der Waals surface area contributed by atoms with Crippen LogP contribution in [-0.2, 0) is 0 Å². The van der Waals surface area contributed by atoms with E-state index in [1.54, 1.807) is 4.52 Å². The number of halogens is 1. The molecular formula is C13H19BrN4S. The van der Waals surface area contributed by atoms with Crippen LogP contribution in [0.2, 0.25) is 0 Å². The Bertz CT molecular complexity index is 514. The zero-order valence-electron chi connectivity index (χ0n) is 11.1. The van der Waals surface area contributed by atoms with E-state index >= 15 is 0 Å². The summed E-state index contributed by atoms with van der Waals surface area (Å²) in [5.41, 5.74) is 0.866. The van der Waals surface area contributed by atoms with Crippen molar-refractivity contribution >= 4 is 39.3 Å². The van der Waals surface area contributed by atoms with Crippen molar-refractivity contribution in [1.29, 1.82) is 0 Å². The summed E-state index contributed by atoms with van der Waals surface area (Å²) in [5.74, 6) is 1.98. The standard InChI is InChI=1S/C13H19BrN4S/c1-19-9-5-3-2-4-8-15-13-16-12-7-6-11(14)10-18(12)17-13/h6-7,10H,2-5,8-9H2,1H3,(H,15,17). The molecule has 2 aromatic rings. The average Bonchev–Trinajstić information content (AvgIpc) is 2.79. The van der Waals surface area contributed by atoms with Crippen molar-refractivity contribution in [2.45, 2.75) is 25.7 Å². The van der Waals surface area contributed by atoms with Gasteiger partial charge in [0.15, 0.2) is 5.65 Å². The molecule has 0 unspecified atom stereocenters. The zero-order chi connectivity index (χ0) is 13.5. The lowest BCUT2D eigenvalue weighted by atomic mass is 10.2. The molecule has 0 atom stereocenters. The van der Waals surface area contributed by atoms with Crippen LogP contribution < -0.4 is 5.32 Å². The maximum atomic E-state index is 4.42. The molecule has 4 nitrogen and oxygen atoms in total. The molecule has 0 saturated heterocycles. The third-order valence-electron chi connectivity index (χ3n) is 2.85. The number of nitrogens with one attached hydrogen (secondary N) is 1. The monoisotopic (exact) mass is 342 g/mol. The van der Waals surface area contributed by atoms with Gasteiger partial charge in [-0.25, -0.2) is 4.52 Å². The molecule has 0 saturated carbocycles. The fourth-order valence-electron chi connectivity index (χ4n) is 1.86. The summed E-state index contributed by atoms with van der Waals surface area (Å²) >= 11 is 5.35. The van der Waals surface area contributed by atoms with Gasteiger partial charge in [-0.05, 0) is 52.9 Å². The molecule has 0 amide bonds. The Hall–Kier alpha value is -0.750. The van der Waals surface area contributed by atoms with E-state index in [1.807, 2.05) is 30.1 Å². The van der Waals surface area contributed by atoms with Crippen LogP contribution >= 0.6 is 27.7 Å². The summed E-state index contributed by atoms with van der Waals surface area (Å²) in [6, 6.07) is 3.92. The van der Waals surface area contributed by atoms with Gasteiger partial charge in [0.05, 0.1) is 0 Å². The second-order valence-electron chi connectivity index (χ2n) is 4.42. The highest BCUT2D eigenvalue weighted by Gasteiger charge is 2.02. The smallest absolute Gasteiger partial charge is 0.243 e. The number of unbranched alkanes of at least 4 members (excludes halogenated alkanes) is 3. The number of hydrogen-bond acceptors (Lipinski definition) is 4. The Kier molecular flexibility index (Phi) is 5.97. The largest absolute Gasteiger partial charge is 0.353 e. The van der Waals surface area contributed by atoms with Gasteiger partial charge in [0.25, 0.3) is 0 Å². The van der Waals surface area contributed by atoms with E-state index in [9.17, 15) is 0 Å². The summed E-state index contributed by atoms with van der Waals surface area (Å²) in [4.78, 5) is 4.42. The van der Waals surface area contributed by atoms with Gasteiger partial charge >= 0.3 is 0 Å². The van der Waals surface area contributed by atoms with E-state index in [1.165, 1.54) is 31.4 Å². The van der Waals surface area contributed by atoms with Gasteiger partial charge in [-0.3, -0.25) is 0 Å². The minimum Gasteiger partial charge on any atom is -0.353 e. The van der Waals surface area contributed by atoms with E-state index in [-0.39, 0.29) is 0 Å². The predicted octanol–water partition coefficient (Wildman–Crippen LogP) is 3.83. The van der Waals surface area contributed by atoms with Gasteiger partial charge in [-0.2, -0.15) is 16.7 Å². The summed E-state index contributed by atoms with van der Waals surface area (Å²) in [6.45, 7) is 0.942. The van der Waals surface area contributed by atoms with E-state index in [2.05, 4.69) is 37.6 Å². The Morgan fingerprint density at radius 3 is 2.95 bits per heavy atom. The molecule has 0 aromatic carbocycles. The summed E-state index contributed by atoms with van der Waals surface area (Å²) in [5, 5.41) is 7.66. The van der Waals surface area contributed by atoms with Crippen molar-refractivity contribution < 1.29 is 0 Å². The third kappa shape index (κ3) is 4.69. The lowest BCUT2D eigenvalue weighted by molar-refractivity contribution is 0.687. The van der Waals surface area contributed by atoms with Crippen molar-refractivity contribution in [3.05, 3.63) is 22.8 Å². The van der Waals surface area contributed by atoms with Crippen LogP contribution in [-0.4, -0.2) is 33.2 Å². The molecule has 19 heavy (non-hydrogen) atoms. The first-order chi connectivity index (χ1) is 9.29. The number of hydrogen-bond donors (Lipinski definition) is 1. The molecule has 0 aliphatic carbocycles. The average molecular weight is 343 g/mol. The molecule has 2 aromatic heterocycles. The molecular weight excluding hydrogens is 324 g/mol. The van der Waals surface area contributed by atoms with Crippen molar-refractivity contribution in [2.75, 3.05) is 23.9 Å². The second-order valence-corrected chi connectivity index (χ2v) is 6.32. The van der Waals surface area contributed by atoms with Gasteiger partial charge in [-0.15, -0.1) is 5.10 Å². The van der Waals surface area contributed by atoms with Crippen LogP contribution in [0, 0.1) is 0 Å². The summed E-state index contributed by atoms with van der Waals surface area (Å²) in [7, 11) is 0. The van der Waals surface area contributed by atoms with Gasteiger partial charge in [0.1, 0.15) is 0 Å². The molecule has 0 spiro atoms. The fourth-order valence-corrected chi connectivity index (χ4v) is 2.68. The Labute approximate surface area is 126 Å². The number of rotatable bonds is 8. The highest BCUT2D eigenvalue weighted by Crippen LogP contribution is 2.12. The number of aromatic nitrogens is 3. The number of thioether (sulfide) groups is 1. The number of anilines is 1. The molecule has 0 aliphatic heterocycles. The highest BCUT2D eigenvalue weighted by atomic mass is 79.9. The van der Waals surface area contributed by atoms with Gasteiger partial charge in [-0.1, -0.05) is 12.8 Å². The molecule has 2 rings (SSSR count). The summed E-state index contributed by atoms with van der Waals surface area (Å²) in [6.07, 6.45) is 9.15. The van der Waals surface area contributed by atoms with Crippen LogP contribution in [0.5, 0.6) is 0 Å².